The summed E-state index contributed by atoms with van der Waals surface area (Å²) in [6.07, 6.45) is 1.20. The van der Waals surface area contributed by atoms with Crippen molar-refractivity contribution in [3.63, 3.8) is 0 Å². The van der Waals surface area contributed by atoms with Crippen LogP contribution in [0.15, 0.2) is 47.2 Å². The van der Waals surface area contributed by atoms with Gasteiger partial charge in [-0.05, 0) is 33.8 Å². The number of fused-ring (bicyclic) bond motifs is 1. The standard InChI is InChI=1S/C15H14OS2/c16-12(9-13-4-3-7-17-13)8-11-10-18-15-6-2-1-5-14(11)15/h1-7,10,12,16H,8-9H2. The molecule has 0 radical (unpaired) electrons. The van der Waals surface area contributed by atoms with Crippen LogP contribution in [0.2, 0.25) is 0 Å². The average Bonchev–Trinajstić information content (AvgIpc) is 3.00. The molecule has 1 atom stereocenters. The van der Waals surface area contributed by atoms with Crippen LogP contribution in [-0.4, -0.2) is 11.2 Å². The van der Waals surface area contributed by atoms with Gasteiger partial charge >= 0.3 is 0 Å². The van der Waals surface area contributed by atoms with E-state index in [9.17, 15) is 5.11 Å². The molecule has 0 aliphatic carbocycles. The Kier molecular flexibility index (Phi) is 3.46. The number of aliphatic hydroxyl groups is 1. The van der Waals surface area contributed by atoms with Crippen molar-refractivity contribution in [1.29, 1.82) is 0 Å². The lowest BCUT2D eigenvalue weighted by Crippen LogP contribution is -2.12. The molecule has 1 aromatic carbocycles. The van der Waals surface area contributed by atoms with E-state index in [1.54, 1.807) is 22.7 Å². The van der Waals surface area contributed by atoms with E-state index in [1.807, 2.05) is 6.07 Å². The van der Waals surface area contributed by atoms with Crippen LogP contribution in [-0.2, 0) is 12.8 Å². The summed E-state index contributed by atoms with van der Waals surface area (Å²) in [5, 5.41) is 15.7. The second-order valence-electron chi connectivity index (χ2n) is 4.40. The van der Waals surface area contributed by atoms with Gasteiger partial charge < -0.3 is 5.11 Å². The van der Waals surface area contributed by atoms with Gasteiger partial charge in [0.15, 0.2) is 0 Å². The van der Waals surface area contributed by atoms with Crippen LogP contribution in [0.4, 0.5) is 0 Å². The Balaban J connectivity index is 1.76. The topological polar surface area (TPSA) is 20.2 Å². The van der Waals surface area contributed by atoms with Gasteiger partial charge in [0, 0.05) is 22.4 Å². The number of rotatable bonds is 4. The second-order valence-corrected chi connectivity index (χ2v) is 6.34. The number of hydrogen-bond acceptors (Lipinski definition) is 3. The Bertz CT molecular complexity index is 625. The molecule has 2 aromatic heterocycles. The molecule has 0 aliphatic rings. The summed E-state index contributed by atoms with van der Waals surface area (Å²) in [6, 6.07) is 12.5. The van der Waals surface area contributed by atoms with Crippen molar-refractivity contribution in [2.75, 3.05) is 0 Å². The maximum atomic E-state index is 10.2. The number of thiophene rings is 2. The zero-order valence-electron chi connectivity index (χ0n) is 9.87. The molecule has 2 heterocycles. The molecule has 92 valence electrons. The quantitative estimate of drug-likeness (QED) is 0.759. The van der Waals surface area contributed by atoms with Crippen molar-refractivity contribution in [3.05, 3.63) is 57.6 Å². The Morgan fingerprint density at radius 2 is 1.89 bits per heavy atom. The first-order valence-electron chi connectivity index (χ1n) is 5.98. The van der Waals surface area contributed by atoms with Crippen molar-refractivity contribution in [2.45, 2.75) is 18.9 Å². The normalized spacial score (nSPS) is 12.9. The Morgan fingerprint density at radius 1 is 1.00 bits per heavy atom. The number of aliphatic hydroxyl groups excluding tert-OH is 1. The lowest BCUT2D eigenvalue weighted by molar-refractivity contribution is 0.177. The van der Waals surface area contributed by atoms with Crippen molar-refractivity contribution in [1.82, 2.24) is 0 Å². The fraction of sp³-hybridized carbons (Fsp3) is 0.200. The lowest BCUT2D eigenvalue weighted by atomic mass is 10.0. The average molecular weight is 274 g/mol. The third kappa shape index (κ3) is 2.48. The highest BCUT2D eigenvalue weighted by Crippen LogP contribution is 2.27. The molecule has 0 aliphatic heterocycles. The van der Waals surface area contributed by atoms with Gasteiger partial charge in [0.25, 0.3) is 0 Å². The van der Waals surface area contributed by atoms with E-state index in [2.05, 4.69) is 41.1 Å². The smallest absolute Gasteiger partial charge is 0.0629 e. The monoisotopic (exact) mass is 274 g/mol. The van der Waals surface area contributed by atoms with Crippen LogP contribution < -0.4 is 0 Å². The zero-order valence-corrected chi connectivity index (χ0v) is 11.5. The fourth-order valence-electron chi connectivity index (χ4n) is 2.18. The zero-order chi connectivity index (χ0) is 12.4. The van der Waals surface area contributed by atoms with Crippen molar-refractivity contribution < 1.29 is 5.11 Å². The second kappa shape index (κ2) is 5.22. The van der Waals surface area contributed by atoms with Gasteiger partial charge in [-0.25, -0.2) is 0 Å². The predicted molar refractivity (Wildman–Crippen MR) is 79.6 cm³/mol. The van der Waals surface area contributed by atoms with Crippen LogP contribution in [0.25, 0.3) is 10.1 Å². The van der Waals surface area contributed by atoms with E-state index in [0.29, 0.717) is 0 Å². The largest absolute Gasteiger partial charge is 0.392 e. The molecule has 0 spiro atoms. The summed E-state index contributed by atoms with van der Waals surface area (Å²) in [4.78, 5) is 1.25. The molecule has 0 saturated heterocycles. The summed E-state index contributed by atoms with van der Waals surface area (Å²) in [5.41, 5.74) is 1.26. The van der Waals surface area contributed by atoms with E-state index < -0.39 is 0 Å². The first kappa shape index (κ1) is 11.9. The van der Waals surface area contributed by atoms with Crippen molar-refractivity contribution in [3.8, 4) is 0 Å². The minimum Gasteiger partial charge on any atom is -0.392 e. The molecule has 1 unspecified atom stereocenters. The van der Waals surface area contributed by atoms with E-state index in [0.717, 1.165) is 12.8 Å². The Hall–Kier alpha value is -1.16. The van der Waals surface area contributed by atoms with E-state index in [-0.39, 0.29) is 6.10 Å². The van der Waals surface area contributed by atoms with Crippen molar-refractivity contribution >= 4 is 32.8 Å². The highest BCUT2D eigenvalue weighted by atomic mass is 32.1. The number of hydrogen-bond donors (Lipinski definition) is 1. The van der Waals surface area contributed by atoms with Gasteiger partial charge in [-0.15, -0.1) is 22.7 Å². The minimum atomic E-state index is -0.290. The molecule has 1 nitrogen and oxygen atoms in total. The molecule has 0 bridgehead atoms. The summed E-state index contributed by atoms with van der Waals surface area (Å²) in [5.74, 6) is 0. The SMILES string of the molecule is OC(Cc1cccs1)Cc1csc2ccccc12. The molecule has 18 heavy (non-hydrogen) atoms. The fourth-order valence-corrected chi connectivity index (χ4v) is 3.93. The summed E-state index contributed by atoms with van der Waals surface area (Å²) in [7, 11) is 0. The highest BCUT2D eigenvalue weighted by Gasteiger charge is 2.11. The van der Waals surface area contributed by atoms with Crippen LogP contribution in [0.1, 0.15) is 10.4 Å². The Labute approximate surface area is 114 Å². The van der Waals surface area contributed by atoms with Gasteiger partial charge in [-0.3, -0.25) is 0 Å². The molecular formula is C15H14OS2. The first-order chi connectivity index (χ1) is 8.83. The number of benzene rings is 1. The molecule has 0 fully saturated rings. The molecule has 1 N–H and O–H groups in total. The Morgan fingerprint density at radius 3 is 2.72 bits per heavy atom. The third-order valence-electron chi connectivity index (χ3n) is 3.03. The molecule has 0 saturated carbocycles. The molecule has 0 amide bonds. The van der Waals surface area contributed by atoms with E-state index in [1.165, 1.54) is 20.5 Å². The molecule has 3 aromatic rings. The minimum absolute atomic E-state index is 0.290. The maximum Gasteiger partial charge on any atom is 0.0629 e. The van der Waals surface area contributed by atoms with Crippen molar-refractivity contribution in [2.24, 2.45) is 0 Å². The van der Waals surface area contributed by atoms with Gasteiger partial charge in [-0.2, -0.15) is 0 Å². The summed E-state index contributed by atoms with van der Waals surface area (Å²) < 4.78 is 1.30. The maximum absolute atomic E-state index is 10.2. The van der Waals surface area contributed by atoms with Crippen LogP contribution in [0.3, 0.4) is 0 Å². The highest BCUT2D eigenvalue weighted by molar-refractivity contribution is 7.17. The molecule has 3 heteroatoms. The van der Waals surface area contributed by atoms with Crippen LogP contribution in [0, 0.1) is 0 Å². The lowest BCUT2D eigenvalue weighted by Gasteiger charge is -2.08. The van der Waals surface area contributed by atoms with E-state index >= 15 is 0 Å². The summed E-state index contributed by atoms with van der Waals surface area (Å²) in [6.45, 7) is 0. The van der Waals surface area contributed by atoms with Crippen LogP contribution in [0.5, 0.6) is 0 Å². The summed E-state index contributed by atoms with van der Waals surface area (Å²) >= 11 is 3.47. The van der Waals surface area contributed by atoms with Crippen LogP contribution >= 0.6 is 22.7 Å². The van der Waals surface area contributed by atoms with Gasteiger partial charge in [0.1, 0.15) is 0 Å². The predicted octanol–water partition coefficient (Wildman–Crippen LogP) is 4.11. The molecular weight excluding hydrogens is 260 g/mol. The third-order valence-corrected chi connectivity index (χ3v) is 4.94. The van der Waals surface area contributed by atoms with Gasteiger partial charge in [-0.1, -0.05) is 24.3 Å². The molecule has 3 rings (SSSR count). The van der Waals surface area contributed by atoms with Gasteiger partial charge in [0.2, 0.25) is 0 Å². The van der Waals surface area contributed by atoms with E-state index in [4.69, 9.17) is 0 Å². The van der Waals surface area contributed by atoms with Gasteiger partial charge in [0.05, 0.1) is 6.10 Å². The first-order valence-corrected chi connectivity index (χ1v) is 7.74.